The first kappa shape index (κ1) is 20.3. The highest BCUT2D eigenvalue weighted by atomic mass is 32.2. The molecule has 1 aromatic carbocycles. The van der Waals surface area contributed by atoms with Crippen molar-refractivity contribution >= 4 is 26.8 Å². The fourth-order valence-corrected chi connectivity index (χ4v) is 6.22. The molecule has 1 aliphatic heterocycles. The van der Waals surface area contributed by atoms with Gasteiger partial charge in [0.1, 0.15) is 4.90 Å². The molecular weight excluding hydrogens is 386 g/mol. The summed E-state index contributed by atoms with van der Waals surface area (Å²) in [7, 11) is -3.71. The number of piperidine rings is 1. The molecule has 2 fully saturated rings. The standard InChI is InChI=1S/C22H29N3O3S/c1-16-13-17-7-5-11-20(21(17)23-14-16)29(27,28)25-12-6-8-18(15-25)22(26)24-19-9-3-2-4-10-19/h5,7,11,13-14,18-19H,2-4,6,8-10,12,15H2,1H3,(H,24,26). The molecule has 0 spiro atoms. The van der Waals surface area contributed by atoms with Crippen molar-refractivity contribution in [2.75, 3.05) is 13.1 Å². The van der Waals surface area contributed by atoms with Gasteiger partial charge in [-0.05, 0) is 50.3 Å². The van der Waals surface area contributed by atoms with Gasteiger partial charge in [0.15, 0.2) is 0 Å². The summed E-state index contributed by atoms with van der Waals surface area (Å²) < 4.78 is 28.3. The van der Waals surface area contributed by atoms with Gasteiger partial charge in [0, 0.05) is 30.7 Å². The predicted octanol–water partition coefficient (Wildman–Crippen LogP) is 3.39. The number of carbonyl (C=O) groups excluding carboxylic acids is 1. The van der Waals surface area contributed by atoms with E-state index in [-0.39, 0.29) is 29.3 Å². The van der Waals surface area contributed by atoms with Gasteiger partial charge >= 0.3 is 0 Å². The minimum atomic E-state index is -3.71. The van der Waals surface area contributed by atoms with E-state index in [1.807, 2.05) is 19.1 Å². The molecule has 29 heavy (non-hydrogen) atoms. The molecule has 6 nitrogen and oxygen atoms in total. The Bertz CT molecular complexity index is 1000. The number of carbonyl (C=O) groups is 1. The van der Waals surface area contributed by atoms with Crippen LogP contribution in [0.25, 0.3) is 10.9 Å². The molecule has 1 aromatic heterocycles. The highest BCUT2D eigenvalue weighted by Crippen LogP contribution is 2.28. The fourth-order valence-electron chi connectivity index (χ4n) is 4.53. The van der Waals surface area contributed by atoms with E-state index in [1.165, 1.54) is 10.7 Å². The Morgan fingerprint density at radius 3 is 2.72 bits per heavy atom. The number of aromatic nitrogens is 1. The van der Waals surface area contributed by atoms with Crippen LogP contribution >= 0.6 is 0 Å². The molecule has 2 heterocycles. The molecule has 1 aliphatic carbocycles. The molecule has 156 valence electrons. The summed E-state index contributed by atoms with van der Waals surface area (Å²) in [6.07, 6.45) is 8.73. The number of para-hydroxylation sites is 1. The molecule has 2 aliphatic rings. The number of pyridine rings is 1. The van der Waals surface area contributed by atoms with E-state index in [4.69, 9.17) is 0 Å². The zero-order chi connectivity index (χ0) is 20.4. The minimum absolute atomic E-state index is 0.00321. The lowest BCUT2D eigenvalue weighted by Crippen LogP contribution is -2.47. The zero-order valence-electron chi connectivity index (χ0n) is 16.9. The molecule has 1 saturated carbocycles. The maximum atomic E-state index is 13.4. The molecule has 1 unspecified atom stereocenters. The Morgan fingerprint density at radius 1 is 1.14 bits per heavy atom. The largest absolute Gasteiger partial charge is 0.353 e. The number of hydrogen-bond acceptors (Lipinski definition) is 4. The summed E-state index contributed by atoms with van der Waals surface area (Å²) in [4.78, 5) is 17.4. The summed E-state index contributed by atoms with van der Waals surface area (Å²) in [6, 6.07) is 7.44. The maximum absolute atomic E-state index is 13.4. The number of rotatable bonds is 4. The number of nitrogens with one attached hydrogen (secondary N) is 1. The summed E-state index contributed by atoms with van der Waals surface area (Å²) in [6.45, 7) is 2.62. The van der Waals surface area contributed by atoms with E-state index in [0.717, 1.165) is 43.1 Å². The molecule has 1 atom stereocenters. The molecular formula is C22H29N3O3S. The third kappa shape index (κ3) is 4.31. The van der Waals surface area contributed by atoms with Crippen molar-refractivity contribution in [2.45, 2.75) is 62.8 Å². The molecule has 1 amide bonds. The SMILES string of the molecule is Cc1cnc2c(S(=O)(=O)N3CCCC(C(=O)NC4CCCCC4)C3)cccc2c1. The van der Waals surface area contributed by atoms with Crippen molar-refractivity contribution in [3.63, 3.8) is 0 Å². The first-order valence-corrected chi connectivity index (χ1v) is 12.0. The second kappa shape index (κ2) is 8.40. The number of nitrogens with zero attached hydrogens (tertiary/aromatic N) is 2. The van der Waals surface area contributed by atoms with Crippen LogP contribution in [0.4, 0.5) is 0 Å². The van der Waals surface area contributed by atoms with Crippen LogP contribution in [-0.4, -0.2) is 42.7 Å². The van der Waals surface area contributed by atoms with Crippen LogP contribution in [0.15, 0.2) is 35.4 Å². The number of fused-ring (bicyclic) bond motifs is 1. The van der Waals surface area contributed by atoms with Crippen LogP contribution in [0.2, 0.25) is 0 Å². The lowest BCUT2D eigenvalue weighted by molar-refractivity contribution is -0.127. The molecule has 1 N–H and O–H groups in total. The molecule has 0 bridgehead atoms. The zero-order valence-corrected chi connectivity index (χ0v) is 17.7. The predicted molar refractivity (Wildman–Crippen MR) is 113 cm³/mol. The van der Waals surface area contributed by atoms with Crippen molar-refractivity contribution in [2.24, 2.45) is 5.92 Å². The average molecular weight is 416 g/mol. The lowest BCUT2D eigenvalue weighted by atomic mass is 9.93. The Morgan fingerprint density at radius 2 is 1.93 bits per heavy atom. The quantitative estimate of drug-likeness (QED) is 0.830. The third-order valence-electron chi connectivity index (χ3n) is 6.13. The van der Waals surface area contributed by atoms with E-state index >= 15 is 0 Å². The molecule has 7 heteroatoms. The van der Waals surface area contributed by atoms with Crippen molar-refractivity contribution in [3.05, 3.63) is 36.0 Å². The summed E-state index contributed by atoms with van der Waals surface area (Å²) in [5, 5.41) is 3.98. The Kier molecular flexibility index (Phi) is 5.88. The van der Waals surface area contributed by atoms with E-state index in [0.29, 0.717) is 18.5 Å². The van der Waals surface area contributed by atoms with Gasteiger partial charge in [-0.2, -0.15) is 4.31 Å². The first-order valence-electron chi connectivity index (χ1n) is 10.6. The number of hydrogen-bond donors (Lipinski definition) is 1. The summed E-state index contributed by atoms with van der Waals surface area (Å²) >= 11 is 0. The van der Waals surface area contributed by atoms with Crippen molar-refractivity contribution in [1.29, 1.82) is 0 Å². The number of aryl methyl sites for hydroxylation is 1. The third-order valence-corrected chi connectivity index (χ3v) is 8.03. The minimum Gasteiger partial charge on any atom is -0.353 e. The first-order chi connectivity index (χ1) is 13.9. The van der Waals surface area contributed by atoms with Gasteiger partial charge in [-0.3, -0.25) is 9.78 Å². The van der Waals surface area contributed by atoms with Crippen LogP contribution < -0.4 is 5.32 Å². The molecule has 2 aromatic rings. The number of sulfonamides is 1. The van der Waals surface area contributed by atoms with Crippen LogP contribution in [-0.2, 0) is 14.8 Å². The summed E-state index contributed by atoms with van der Waals surface area (Å²) in [5.74, 6) is -0.283. The topological polar surface area (TPSA) is 79.4 Å². The van der Waals surface area contributed by atoms with E-state index in [2.05, 4.69) is 10.3 Å². The van der Waals surface area contributed by atoms with Crippen molar-refractivity contribution < 1.29 is 13.2 Å². The van der Waals surface area contributed by atoms with Gasteiger partial charge < -0.3 is 5.32 Å². The van der Waals surface area contributed by atoms with Gasteiger partial charge in [0.25, 0.3) is 0 Å². The van der Waals surface area contributed by atoms with E-state index < -0.39 is 10.0 Å². The van der Waals surface area contributed by atoms with Gasteiger partial charge in [-0.15, -0.1) is 0 Å². The highest BCUT2D eigenvalue weighted by Gasteiger charge is 2.35. The second-order valence-electron chi connectivity index (χ2n) is 8.39. The maximum Gasteiger partial charge on any atom is 0.245 e. The van der Waals surface area contributed by atoms with Crippen LogP contribution in [0.1, 0.15) is 50.5 Å². The van der Waals surface area contributed by atoms with Gasteiger partial charge in [-0.1, -0.05) is 31.4 Å². The van der Waals surface area contributed by atoms with E-state index in [1.54, 1.807) is 18.3 Å². The highest BCUT2D eigenvalue weighted by molar-refractivity contribution is 7.89. The van der Waals surface area contributed by atoms with Crippen LogP contribution in [0, 0.1) is 12.8 Å². The van der Waals surface area contributed by atoms with Gasteiger partial charge in [0.05, 0.1) is 11.4 Å². The smallest absolute Gasteiger partial charge is 0.245 e. The summed E-state index contributed by atoms with van der Waals surface area (Å²) in [5.41, 5.74) is 1.48. The average Bonchev–Trinajstić information content (AvgIpc) is 2.74. The monoisotopic (exact) mass is 415 g/mol. The second-order valence-corrected chi connectivity index (χ2v) is 10.3. The molecule has 4 rings (SSSR count). The Balaban J connectivity index is 1.53. The van der Waals surface area contributed by atoms with E-state index in [9.17, 15) is 13.2 Å². The van der Waals surface area contributed by atoms with Crippen molar-refractivity contribution in [3.8, 4) is 0 Å². The van der Waals surface area contributed by atoms with Crippen LogP contribution in [0.5, 0.6) is 0 Å². The number of amides is 1. The van der Waals surface area contributed by atoms with Gasteiger partial charge in [0.2, 0.25) is 15.9 Å². The Labute approximate surface area is 172 Å². The normalized spacial score (nSPS) is 21.9. The molecule has 1 saturated heterocycles. The lowest BCUT2D eigenvalue weighted by Gasteiger charge is -2.33. The Hall–Kier alpha value is -1.99. The fraction of sp³-hybridized carbons (Fsp3) is 0.545. The molecule has 0 radical (unpaired) electrons. The number of benzene rings is 1. The van der Waals surface area contributed by atoms with Crippen LogP contribution in [0.3, 0.4) is 0 Å². The van der Waals surface area contributed by atoms with Gasteiger partial charge in [-0.25, -0.2) is 8.42 Å². The van der Waals surface area contributed by atoms with Crippen molar-refractivity contribution in [1.82, 2.24) is 14.6 Å².